The fraction of sp³-hybridized carbons (Fsp3) is 0.786. The molecule has 2 atom stereocenters. The summed E-state index contributed by atoms with van der Waals surface area (Å²) in [6.07, 6.45) is 3.96. The largest absolute Gasteiger partial charge is 0.370 e. The minimum Gasteiger partial charge on any atom is -0.370 e. The fourth-order valence-corrected chi connectivity index (χ4v) is 2.80. The first-order chi connectivity index (χ1) is 8.66. The molecule has 2 heterocycles. The van der Waals surface area contributed by atoms with Crippen LogP contribution in [0.4, 0.5) is 5.82 Å². The number of nitrogens with one attached hydrogen (secondary N) is 2. The third-order valence-corrected chi connectivity index (χ3v) is 4.05. The molecule has 0 spiro atoms. The highest BCUT2D eigenvalue weighted by molar-refractivity contribution is 5.36. The molecule has 0 bridgehead atoms. The summed E-state index contributed by atoms with van der Waals surface area (Å²) in [6, 6.07) is 2.10. The predicted molar refractivity (Wildman–Crippen MR) is 75.8 cm³/mol. The van der Waals surface area contributed by atoms with Crippen molar-refractivity contribution in [1.82, 2.24) is 15.1 Å². The lowest BCUT2D eigenvalue weighted by Crippen LogP contribution is -2.33. The molecule has 4 nitrogen and oxygen atoms in total. The van der Waals surface area contributed by atoms with Gasteiger partial charge in [0, 0.05) is 19.7 Å². The van der Waals surface area contributed by atoms with Crippen LogP contribution in [0.25, 0.3) is 0 Å². The molecule has 1 fully saturated rings. The number of aryl methyl sites for hydroxylation is 2. The number of piperidine rings is 1. The van der Waals surface area contributed by atoms with Crippen molar-refractivity contribution < 1.29 is 0 Å². The minimum atomic E-state index is 0.791. The number of anilines is 1. The van der Waals surface area contributed by atoms with Crippen LogP contribution < -0.4 is 10.6 Å². The topological polar surface area (TPSA) is 41.9 Å². The van der Waals surface area contributed by atoms with Gasteiger partial charge < -0.3 is 10.6 Å². The normalized spacial score (nSPS) is 21.8. The van der Waals surface area contributed by atoms with E-state index in [4.69, 9.17) is 0 Å². The second kappa shape index (κ2) is 6.23. The maximum atomic E-state index is 4.34. The first-order valence-electron chi connectivity index (χ1n) is 7.12. The standard InChI is InChI=1S/C14H26N4/c1-11(13-5-4-7-15-10-13)6-8-16-14-9-12(2)17-18(14)3/h9,11,13,15-16H,4-8,10H2,1-3H3. The second-order valence-electron chi connectivity index (χ2n) is 5.59. The molecule has 0 amide bonds. The Morgan fingerprint density at radius 2 is 2.44 bits per heavy atom. The lowest BCUT2D eigenvalue weighted by molar-refractivity contribution is 0.272. The van der Waals surface area contributed by atoms with E-state index in [0.717, 1.165) is 29.9 Å². The van der Waals surface area contributed by atoms with E-state index in [1.54, 1.807) is 0 Å². The van der Waals surface area contributed by atoms with Gasteiger partial charge in [0.05, 0.1) is 5.69 Å². The van der Waals surface area contributed by atoms with E-state index in [2.05, 4.69) is 28.7 Å². The summed E-state index contributed by atoms with van der Waals surface area (Å²) in [5, 5.41) is 11.3. The van der Waals surface area contributed by atoms with E-state index >= 15 is 0 Å². The maximum absolute atomic E-state index is 4.34. The zero-order valence-electron chi connectivity index (χ0n) is 11.9. The minimum absolute atomic E-state index is 0.791. The SMILES string of the molecule is Cc1cc(NCCC(C)C2CCCNC2)n(C)n1. The first-order valence-corrected chi connectivity index (χ1v) is 7.12. The summed E-state index contributed by atoms with van der Waals surface area (Å²) in [4.78, 5) is 0. The quantitative estimate of drug-likeness (QED) is 0.841. The van der Waals surface area contributed by atoms with Crippen LogP contribution >= 0.6 is 0 Å². The van der Waals surface area contributed by atoms with E-state index in [9.17, 15) is 0 Å². The van der Waals surface area contributed by atoms with Crippen molar-refractivity contribution in [2.45, 2.75) is 33.1 Å². The fourth-order valence-electron chi connectivity index (χ4n) is 2.80. The molecule has 2 N–H and O–H groups in total. The summed E-state index contributed by atoms with van der Waals surface area (Å²) in [5.74, 6) is 2.77. The Hall–Kier alpha value is -1.03. The average Bonchev–Trinajstić information content (AvgIpc) is 2.69. The summed E-state index contributed by atoms with van der Waals surface area (Å²) in [5.41, 5.74) is 1.07. The summed E-state index contributed by atoms with van der Waals surface area (Å²) < 4.78 is 1.92. The second-order valence-corrected chi connectivity index (χ2v) is 5.59. The number of nitrogens with zero attached hydrogens (tertiary/aromatic N) is 2. The van der Waals surface area contributed by atoms with Gasteiger partial charge in [0.25, 0.3) is 0 Å². The number of aromatic nitrogens is 2. The molecule has 18 heavy (non-hydrogen) atoms. The van der Waals surface area contributed by atoms with E-state index in [1.807, 2.05) is 18.7 Å². The summed E-state index contributed by atoms with van der Waals surface area (Å²) >= 11 is 0. The van der Waals surface area contributed by atoms with Crippen LogP contribution in [0.2, 0.25) is 0 Å². The van der Waals surface area contributed by atoms with Gasteiger partial charge in [-0.25, -0.2) is 0 Å². The van der Waals surface area contributed by atoms with Crippen LogP contribution in [0.3, 0.4) is 0 Å². The Bertz CT molecular complexity index is 366. The molecule has 1 aromatic rings. The van der Waals surface area contributed by atoms with Crippen molar-refractivity contribution >= 4 is 5.82 Å². The zero-order chi connectivity index (χ0) is 13.0. The van der Waals surface area contributed by atoms with Crippen molar-refractivity contribution in [3.63, 3.8) is 0 Å². The van der Waals surface area contributed by atoms with Crippen LogP contribution in [-0.2, 0) is 7.05 Å². The maximum Gasteiger partial charge on any atom is 0.124 e. The number of hydrogen-bond donors (Lipinski definition) is 2. The van der Waals surface area contributed by atoms with Gasteiger partial charge >= 0.3 is 0 Å². The molecule has 1 aromatic heterocycles. The Morgan fingerprint density at radius 3 is 3.06 bits per heavy atom. The van der Waals surface area contributed by atoms with Gasteiger partial charge in [0.2, 0.25) is 0 Å². The number of rotatable bonds is 5. The van der Waals surface area contributed by atoms with E-state index < -0.39 is 0 Å². The Labute approximate surface area is 110 Å². The molecule has 1 aliphatic heterocycles. The van der Waals surface area contributed by atoms with Gasteiger partial charge in [-0.05, 0) is 51.1 Å². The van der Waals surface area contributed by atoms with E-state index in [-0.39, 0.29) is 0 Å². The van der Waals surface area contributed by atoms with Crippen molar-refractivity contribution in [2.24, 2.45) is 18.9 Å². The highest BCUT2D eigenvalue weighted by Crippen LogP contribution is 2.22. The van der Waals surface area contributed by atoms with E-state index in [0.29, 0.717) is 0 Å². The van der Waals surface area contributed by atoms with Gasteiger partial charge in [0.1, 0.15) is 5.82 Å². The molecule has 2 rings (SSSR count). The van der Waals surface area contributed by atoms with E-state index in [1.165, 1.54) is 32.4 Å². The van der Waals surface area contributed by atoms with Crippen LogP contribution in [0, 0.1) is 18.8 Å². The molecule has 0 radical (unpaired) electrons. The highest BCUT2D eigenvalue weighted by atomic mass is 15.3. The van der Waals surface area contributed by atoms with Crippen LogP contribution in [0.1, 0.15) is 31.9 Å². The molecule has 2 unspecified atom stereocenters. The van der Waals surface area contributed by atoms with Crippen molar-refractivity contribution in [1.29, 1.82) is 0 Å². The van der Waals surface area contributed by atoms with Gasteiger partial charge in [-0.3, -0.25) is 4.68 Å². The van der Waals surface area contributed by atoms with Crippen LogP contribution in [-0.4, -0.2) is 29.4 Å². The monoisotopic (exact) mass is 250 g/mol. The Balaban J connectivity index is 1.72. The van der Waals surface area contributed by atoms with Crippen LogP contribution in [0.5, 0.6) is 0 Å². The lowest BCUT2D eigenvalue weighted by atomic mass is 9.85. The van der Waals surface area contributed by atoms with Crippen LogP contribution in [0.15, 0.2) is 6.07 Å². The lowest BCUT2D eigenvalue weighted by Gasteiger charge is -2.28. The zero-order valence-corrected chi connectivity index (χ0v) is 11.9. The van der Waals surface area contributed by atoms with Gasteiger partial charge in [-0.15, -0.1) is 0 Å². The molecular weight excluding hydrogens is 224 g/mol. The van der Waals surface area contributed by atoms with Crippen molar-refractivity contribution in [3.05, 3.63) is 11.8 Å². The van der Waals surface area contributed by atoms with Gasteiger partial charge in [0.15, 0.2) is 0 Å². The number of hydrogen-bond acceptors (Lipinski definition) is 3. The molecule has 102 valence electrons. The Kier molecular flexibility index (Phi) is 4.64. The smallest absolute Gasteiger partial charge is 0.124 e. The van der Waals surface area contributed by atoms with Crippen molar-refractivity contribution in [2.75, 3.05) is 25.0 Å². The molecule has 4 heteroatoms. The van der Waals surface area contributed by atoms with Crippen molar-refractivity contribution in [3.8, 4) is 0 Å². The molecule has 0 aliphatic carbocycles. The third kappa shape index (κ3) is 3.48. The summed E-state index contributed by atoms with van der Waals surface area (Å²) in [7, 11) is 1.99. The van der Waals surface area contributed by atoms with Gasteiger partial charge in [-0.1, -0.05) is 6.92 Å². The summed E-state index contributed by atoms with van der Waals surface area (Å²) in [6.45, 7) is 7.85. The molecule has 0 saturated carbocycles. The molecule has 1 saturated heterocycles. The average molecular weight is 250 g/mol. The first kappa shape index (κ1) is 13.4. The predicted octanol–water partition coefficient (Wildman–Crippen LogP) is 2.17. The van der Waals surface area contributed by atoms with Gasteiger partial charge in [-0.2, -0.15) is 5.10 Å². The molecule has 1 aliphatic rings. The third-order valence-electron chi connectivity index (χ3n) is 4.05. The molecular formula is C14H26N4. The molecule has 0 aromatic carbocycles. The highest BCUT2D eigenvalue weighted by Gasteiger charge is 2.19. The Morgan fingerprint density at radius 1 is 1.61 bits per heavy atom.